The third kappa shape index (κ3) is 3.21. The van der Waals surface area contributed by atoms with Crippen LogP contribution in [0.15, 0.2) is 17.1 Å². The summed E-state index contributed by atoms with van der Waals surface area (Å²) in [6.45, 7) is 1.76. The number of nitro groups is 1. The average Bonchev–Trinajstić information content (AvgIpc) is 2.63. The number of aromatic nitrogens is 1. The minimum atomic E-state index is -1.73. The SMILES string of the molecule is CNn1cc(OC(=O)O)c(=O)c2cc(F)c(N3CCNCC3)c([N+](=O)[O-])c21. The molecule has 12 heteroatoms. The van der Waals surface area contributed by atoms with Crippen LogP contribution in [-0.4, -0.2) is 54.1 Å². The number of hydrogen-bond acceptors (Lipinski definition) is 8. The number of hydrogen-bond donors (Lipinski definition) is 3. The van der Waals surface area contributed by atoms with Gasteiger partial charge in [-0.15, -0.1) is 0 Å². The van der Waals surface area contributed by atoms with Gasteiger partial charge in [-0.05, 0) is 6.07 Å². The van der Waals surface area contributed by atoms with Crippen LogP contribution in [0.25, 0.3) is 10.9 Å². The monoisotopic (exact) mass is 381 g/mol. The van der Waals surface area contributed by atoms with Crippen molar-refractivity contribution in [3.8, 4) is 5.75 Å². The highest BCUT2D eigenvalue weighted by Crippen LogP contribution is 2.38. The molecule has 3 rings (SSSR count). The van der Waals surface area contributed by atoms with Crippen LogP contribution in [0.4, 0.5) is 20.6 Å². The molecular weight excluding hydrogens is 365 g/mol. The molecule has 1 aromatic carbocycles. The van der Waals surface area contributed by atoms with E-state index in [-0.39, 0.29) is 16.6 Å². The van der Waals surface area contributed by atoms with Crippen LogP contribution in [-0.2, 0) is 0 Å². The van der Waals surface area contributed by atoms with Crippen molar-refractivity contribution >= 4 is 28.4 Å². The van der Waals surface area contributed by atoms with E-state index in [4.69, 9.17) is 5.11 Å². The molecule has 2 heterocycles. The van der Waals surface area contributed by atoms with E-state index >= 15 is 0 Å². The summed E-state index contributed by atoms with van der Waals surface area (Å²) < 4.78 is 20.3. The third-order valence-corrected chi connectivity index (χ3v) is 4.21. The zero-order valence-corrected chi connectivity index (χ0v) is 14.2. The summed E-state index contributed by atoms with van der Waals surface area (Å²) >= 11 is 0. The van der Waals surface area contributed by atoms with Crippen LogP contribution in [0.1, 0.15) is 0 Å². The Labute approximate surface area is 151 Å². The van der Waals surface area contributed by atoms with Crippen molar-refractivity contribution in [2.45, 2.75) is 0 Å². The van der Waals surface area contributed by atoms with Crippen molar-refractivity contribution in [2.75, 3.05) is 43.6 Å². The van der Waals surface area contributed by atoms with E-state index < -0.39 is 33.8 Å². The average molecular weight is 381 g/mol. The molecule has 1 aromatic heterocycles. The van der Waals surface area contributed by atoms with Gasteiger partial charge in [-0.3, -0.25) is 19.6 Å². The molecular formula is C15H16FN5O6. The molecule has 1 aliphatic rings. The Balaban J connectivity index is 2.38. The maximum atomic E-state index is 14.8. The van der Waals surface area contributed by atoms with Gasteiger partial charge in [0, 0.05) is 33.2 Å². The first-order chi connectivity index (χ1) is 12.8. The number of halogens is 1. The van der Waals surface area contributed by atoms with Crippen molar-refractivity contribution in [2.24, 2.45) is 0 Å². The van der Waals surface area contributed by atoms with E-state index in [9.17, 15) is 24.1 Å². The fourth-order valence-electron chi connectivity index (χ4n) is 3.11. The molecule has 0 bridgehead atoms. The number of fused-ring (bicyclic) bond motifs is 1. The van der Waals surface area contributed by atoms with E-state index in [1.807, 2.05) is 0 Å². The second-order valence-corrected chi connectivity index (χ2v) is 5.73. The Morgan fingerprint density at radius 3 is 2.67 bits per heavy atom. The van der Waals surface area contributed by atoms with Gasteiger partial charge in [0.2, 0.25) is 11.2 Å². The Morgan fingerprint density at radius 1 is 1.44 bits per heavy atom. The molecule has 144 valence electrons. The molecule has 3 N–H and O–H groups in total. The van der Waals surface area contributed by atoms with Crippen LogP contribution < -0.4 is 25.8 Å². The molecule has 1 saturated heterocycles. The van der Waals surface area contributed by atoms with Crippen molar-refractivity contribution in [1.82, 2.24) is 9.99 Å². The summed E-state index contributed by atoms with van der Waals surface area (Å²) in [5.74, 6) is -1.55. The van der Waals surface area contributed by atoms with Crippen molar-refractivity contribution < 1.29 is 24.0 Å². The van der Waals surface area contributed by atoms with E-state index in [1.165, 1.54) is 11.9 Å². The molecule has 0 amide bonds. The summed E-state index contributed by atoms with van der Waals surface area (Å²) in [7, 11) is 1.41. The number of carboxylic acid groups (broad SMARTS) is 1. The number of nitro benzene ring substituents is 1. The smallest absolute Gasteiger partial charge is 0.449 e. The van der Waals surface area contributed by atoms with E-state index in [0.717, 1.165) is 16.9 Å². The maximum absolute atomic E-state index is 14.8. The number of anilines is 1. The van der Waals surface area contributed by atoms with Gasteiger partial charge in [-0.25, -0.2) is 9.18 Å². The Morgan fingerprint density at radius 2 is 2.11 bits per heavy atom. The molecule has 0 aliphatic carbocycles. The van der Waals surface area contributed by atoms with Gasteiger partial charge in [-0.2, -0.15) is 0 Å². The fraction of sp³-hybridized carbons (Fsp3) is 0.333. The lowest BCUT2D eigenvalue weighted by Crippen LogP contribution is -2.44. The minimum Gasteiger partial charge on any atom is -0.449 e. The standard InChI is InChI=1S/C15H16FN5O6/c1-17-20-7-10(27-15(23)24)14(22)8-6-9(16)12(13(11(8)20)21(25)26)19-4-2-18-3-5-19/h6-7,17-18H,2-5H2,1H3,(H,23,24). The normalized spacial score (nSPS) is 14.2. The van der Waals surface area contributed by atoms with E-state index in [2.05, 4.69) is 15.5 Å². The second kappa shape index (κ2) is 7.07. The number of nitrogens with zero attached hydrogens (tertiary/aromatic N) is 3. The lowest BCUT2D eigenvalue weighted by atomic mass is 10.1. The predicted octanol–water partition coefficient (Wildman–Crippen LogP) is 0.689. The first kappa shape index (κ1) is 18.4. The number of carbonyl (C=O) groups is 1. The summed E-state index contributed by atoms with van der Waals surface area (Å²) in [4.78, 5) is 35.9. The van der Waals surface area contributed by atoms with Crippen LogP contribution in [0.5, 0.6) is 5.75 Å². The lowest BCUT2D eigenvalue weighted by molar-refractivity contribution is -0.382. The molecule has 0 saturated carbocycles. The largest absolute Gasteiger partial charge is 0.511 e. The molecule has 0 unspecified atom stereocenters. The van der Waals surface area contributed by atoms with Crippen LogP contribution >= 0.6 is 0 Å². The predicted molar refractivity (Wildman–Crippen MR) is 93.8 cm³/mol. The number of pyridine rings is 1. The number of rotatable bonds is 4. The van der Waals surface area contributed by atoms with Crippen LogP contribution in [0.2, 0.25) is 0 Å². The Kier molecular flexibility index (Phi) is 4.81. The van der Waals surface area contributed by atoms with Gasteiger partial charge in [0.1, 0.15) is 0 Å². The fourth-order valence-corrected chi connectivity index (χ4v) is 3.11. The minimum absolute atomic E-state index is 0.180. The molecule has 11 nitrogen and oxygen atoms in total. The molecule has 27 heavy (non-hydrogen) atoms. The van der Waals surface area contributed by atoms with E-state index in [0.29, 0.717) is 26.2 Å². The first-order valence-electron chi connectivity index (χ1n) is 7.95. The first-order valence-corrected chi connectivity index (χ1v) is 7.95. The highest BCUT2D eigenvalue weighted by Gasteiger charge is 2.32. The highest BCUT2D eigenvalue weighted by molar-refractivity contribution is 5.95. The molecule has 1 fully saturated rings. The van der Waals surface area contributed by atoms with Gasteiger partial charge in [0.25, 0.3) is 0 Å². The highest BCUT2D eigenvalue weighted by atomic mass is 19.1. The summed E-state index contributed by atoms with van der Waals surface area (Å²) in [6, 6.07) is 0.866. The van der Waals surface area contributed by atoms with Crippen molar-refractivity contribution in [3.63, 3.8) is 0 Å². The quantitative estimate of drug-likeness (QED) is 0.396. The zero-order chi connectivity index (χ0) is 19.7. The summed E-state index contributed by atoms with van der Waals surface area (Å²) in [6.07, 6.45) is -0.757. The van der Waals surface area contributed by atoms with Crippen molar-refractivity contribution in [1.29, 1.82) is 0 Å². The molecule has 2 aromatic rings. The summed E-state index contributed by atoms with van der Waals surface area (Å²) in [5, 5.41) is 23.3. The number of piperazine rings is 1. The second-order valence-electron chi connectivity index (χ2n) is 5.73. The van der Waals surface area contributed by atoms with Crippen LogP contribution in [0, 0.1) is 15.9 Å². The molecule has 0 atom stereocenters. The Bertz CT molecular complexity index is 985. The van der Waals surface area contributed by atoms with E-state index in [1.54, 1.807) is 0 Å². The number of ether oxygens (including phenoxy) is 1. The van der Waals surface area contributed by atoms with Crippen molar-refractivity contribution in [3.05, 3.63) is 38.4 Å². The number of benzene rings is 1. The molecule has 0 radical (unpaired) electrons. The molecule has 1 aliphatic heterocycles. The topological polar surface area (TPSA) is 139 Å². The van der Waals surface area contributed by atoms with Gasteiger partial charge < -0.3 is 25.5 Å². The lowest BCUT2D eigenvalue weighted by Gasteiger charge is -2.29. The van der Waals surface area contributed by atoms with Gasteiger partial charge in [-0.1, -0.05) is 0 Å². The van der Waals surface area contributed by atoms with Gasteiger partial charge in [0.15, 0.2) is 17.0 Å². The Hall–Kier alpha value is -3.41. The third-order valence-electron chi connectivity index (χ3n) is 4.21. The van der Waals surface area contributed by atoms with Gasteiger partial charge >= 0.3 is 11.8 Å². The van der Waals surface area contributed by atoms with Gasteiger partial charge in [0.05, 0.1) is 16.5 Å². The van der Waals surface area contributed by atoms with Crippen LogP contribution in [0.3, 0.4) is 0 Å². The maximum Gasteiger partial charge on any atom is 0.511 e. The summed E-state index contributed by atoms with van der Waals surface area (Å²) in [5.41, 5.74) is 0.656. The molecule has 0 spiro atoms. The zero-order valence-electron chi connectivity index (χ0n) is 14.2. The number of nitrogens with one attached hydrogen (secondary N) is 2.